The minimum atomic E-state index is -0.555. The van der Waals surface area contributed by atoms with Crippen LogP contribution < -0.4 is 14.8 Å². The fraction of sp³-hybridized carbons (Fsp3) is 0.545. The van der Waals surface area contributed by atoms with Gasteiger partial charge in [-0.1, -0.05) is 0 Å². The van der Waals surface area contributed by atoms with Gasteiger partial charge in [0.25, 0.3) is 0 Å². The highest BCUT2D eigenvalue weighted by Crippen LogP contribution is 2.43. The van der Waals surface area contributed by atoms with Crippen LogP contribution in [0, 0.1) is 28.8 Å². The summed E-state index contributed by atoms with van der Waals surface area (Å²) >= 11 is 0. The number of rotatable bonds is 8. The van der Waals surface area contributed by atoms with Gasteiger partial charge >= 0.3 is 11.7 Å². The second-order valence-corrected chi connectivity index (χ2v) is 8.26. The lowest BCUT2D eigenvalue weighted by Crippen LogP contribution is -2.46. The first-order chi connectivity index (χ1) is 15.4. The van der Waals surface area contributed by atoms with Gasteiger partial charge in [0, 0.05) is 30.1 Å². The molecule has 2 aromatic rings. The Labute approximate surface area is 186 Å². The van der Waals surface area contributed by atoms with Crippen LogP contribution in [0.15, 0.2) is 12.1 Å². The van der Waals surface area contributed by atoms with E-state index in [0.29, 0.717) is 23.8 Å². The number of nitrogens with zero attached hydrogens (tertiary/aromatic N) is 4. The molecule has 0 spiro atoms. The van der Waals surface area contributed by atoms with Crippen LogP contribution in [0.1, 0.15) is 42.5 Å². The molecule has 32 heavy (non-hydrogen) atoms. The molecule has 172 valence electrons. The molecule has 9 nitrogen and oxygen atoms in total. The van der Waals surface area contributed by atoms with Gasteiger partial charge in [-0.3, -0.25) is 10.1 Å². The molecule has 4 heterocycles. The van der Waals surface area contributed by atoms with E-state index in [-0.39, 0.29) is 41.5 Å². The quantitative estimate of drug-likeness (QED) is 0.485. The first kappa shape index (κ1) is 22.2. The number of hydrogen-bond donors (Lipinski definition) is 1. The second-order valence-electron chi connectivity index (χ2n) is 8.26. The first-order valence-corrected chi connectivity index (χ1v) is 10.9. The number of ether oxygens (including phenoxy) is 2. The fourth-order valence-electron chi connectivity index (χ4n) is 4.79. The Morgan fingerprint density at radius 1 is 1.31 bits per heavy atom. The van der Waals surface area contributed by atoms with Crippen LogP contribution in [-0.2, 0) is 6.54 Å². The third-order valence-corrected chi connectivity index (χ3v) is 6.39. The predicted molar refractivity (Wildman–Crippen MR) is 117 cm³/mol. The van der Waals surface area contributed by atoms with E-state index < -0.39 is 4.92 Å². The van der Waals surface area contributed by atoms with Gasteiger partial charge in [0.05, 0.1) is 18.6 Å². The zero-order valence-corrected chi connectivity index (χ0v) is 18.6. The van der Waals surface area contributed by atoms with Gasteiger partial charge < -0.3 is 19.7 Å². The molecule has 0 aliphatic carbocycles. The minimum Gasteiger partial charge on any atom is -0.496 e. The van der Waals surface area contributed by atoms with Crippen molar-refractivity contribution >= 4 is 11.5 Å². The lowest BCUT2D eigenvalue weighted by molar-refractivity contribution is -0.385. The maximum atomic E-state index is 15.1. The van der Waals surface area contributed by atoms with Crippen LogP contribution in [0.4, 0.5) is 15.9 Å². The molecular weight excluding hydrogens is 417 g/mol. The number of halogens is 1. The van der Waals surface area contributed by atoms with E-state index in [9.17, 15) is 10.1 Å². The van der Waals surface area contributed by atoms with Crippen molar-refractivity contribution in [2.75, 3.05) is 38.7 Å². The maximum absolute atomic E-state index is 15.1. The zero-order valence-electron chi connectivity index (χ0n) is 18.6. The fourth-order valence-corrected chi connectivity index (χ4v) is 4.79. The van der Waals surface area contributed by atoms with Crippen LogP contribution >= 0.6 is 0 Å². The Balaban J connectivity index is 1.60. The van der Waals surface area contributed by atoms with Gasteiger partial charge in [0.1, 0.15) is 17.3 Å². The van der Waals surface area contributed by atoms with Crippen LogP contribution in [0.3, 0.4) is 0 Å². The summed E-state index contributed by atoms with van der Waals surface area (Å²) in [6.07, 6.45) is 2.25. The molecular formula is C22H28FN5O4. The van der Waals surface area contributed by atoms with Crippen molar-refractivity contribution < 1.29 is 18.8 Å². The average Bonchev–Trinajstić information content (AvgIpc) is 2.78. The Bertz CT molecular complexity index is 1010. The molecule has 0 amide bonds. The summed E-state index contributed by atoms with van der Waals surface area (Å²) < 4.78 is 26.0. The number of nitrogens with one attached hydrogen (secondary N) is 1. The molecule has 1 N–H and O–H groups in total. The van der Waals surface area contributed by atoms with Crippen LogP contribution in [-0.4, -0.2) is 53.1 Å². The number of hydrogen-bond acceptors (Lipinski definition) is 8. The number of fused-ring (bicyclic) bond motifs is 3. The SMILES string of the molecule is CCOc1nc(C)c([N+](=O)[O-])c(NCc2cc(OC)c(C3CN4CCC3CC4)cc2F)n1. The zero-order chi connectivity index (χ0) is 22.8. The lowest BCUT2D eigenvalue weighted by Gasteiger charge is -2.45. The molecule has 1 atom stereocenters. The van der Waals surface area contributed by atoms with E-state index in [4.69, 9.17) is 9.47 Å². The van der Waals surface area contributed by atoms with Crippen LogP contribution in [0.5, 0.6) is 11.8 Å². The van der Waals surface area contributed by atoms with Gasteiger partial charge in [-0.2, -0.15) is 9.97 Å². The highest BCUT2D eigenvalue weighted by atomic mass is 19.1. The third-order valence-electron chi connectivity index (χ3n) is 6.39. The number of benzene rings is 1. The molecule has 10 heteroatoms. The minimum absolute atomic E-state index is 0.00551. The van der Waals surface area contributed by atoms with E-state index >= 15 is 4.39 Å². The van der Waals surface area contributed by atoms with E-state index in [2.05, 4.69) is 20.2 Å². The summed E-state index contributed by atoms with van der Waals surface area (Å²) in [6, 6.07) is 3.28. The van der Waals surface area contributed by atoms with Gasteiger partial charge in [0.2, 0.25) is 5.82 Å². The van der Waals surface area contributed by atoms with Gasteiger partial charge in [0.15, 0.2) is 0 Å². The summed E-state index contributed by atoms with van der Waals surface area (Å²) in [4.78, 5) is 21.5. The average molecular weight is 445 g/mol. The van der Waals surface area contributed by atoms with Crippen molar-refractivity contribution in [2.24, 2.45) is 5.92 Å². The monoisotopic (exact) mass is 445 g/mol. The topological polar surface area (TPSA) is 103 Å². The number of aryl methyl sites for hydroxylation is 1. The Kier molecular flexibility index (Phi) is 6.40. The van der Waals surface area contributed by atoms with Crippen LogP contribution in [0.2, 0.25) is 0 Å². The van der Waals surface area contributed by atoms with E-state index in [0.717, 1.165) is 38.0 Å². The highest BCUT2D eigenvalue weighted by Gasteiger charge is 2.36. The lowest BCUT2D eigenvalue weighted by atomic mass is 9.75. The molecule has 1 unspecified atom stereocenters. The molecule has 0 saturated carbocycles. The van der Waals surface area contributed by atoms with Crippen LogP contribution in [0.25, 0.3) is 0 Å². The van der Waals surface area contributed by atoms with Crippen molar-refractivity contribution in [1.82, 2.24) is 14.9 Å². The van der Waals surface area contributed by atoms with Crippen molar-refractivity contribution in [3.8, 4) is 11.8 Å². The van der Waals surface area contributed by atoms with Crippen molar-refractivity contribution in [2.45, 2.75) is 39.2 Å². The second kappa shape index (κ2) is 9.23. The molecule has 2 bridgehead atoms. The predicted octanol–water partition coefficient (Wildman–Crippen LogP) is 3.66. The molecule has 3 saturated heterocycles. The number of aromatic nitrogens is 2. The number of nitro groups is 1. The summed E-state index contributed by atoms with van der Waals surface area (Å²) in [5, 5.41) is 14.4. The summed E-state index contributed by atoms with van der Waals surface area (Å²) in [7, 11) is 1.59. The summed E-state index contributed by atoms with van der Waals surface area (Å²) in [5.74, 6) is 1.06. The van der Waals surface area contributed by atoms with Crippen molar-refractivity contribution in [1.29, 1.82) is 0 Å². The number of anilines is 1. The molecule has 1 aromatic carbocycles. The summed E-state index contributed by atoms with van der Waals surface area (Å²) in [6.45, 7) is 6.74. The van der Waals surface area contributed by atoms with Gasteiger partial charge in [-0.05, 0) is 57.8 Å². The molecule has 3 aliphatic heterocycles. The first-order valence-electron chi connectivity index (χ1n) is 10.9. The number of piperidine rings is 3. The molecule has 3 fully saturated rings. The Morgan fingerprint density at radius 2 is 2.06 bits per heavy atom. The molecule has 5 rings (SSSR count). The highest BCUT2D eigenvalue weighted by molar-refractivity contribution is 5.59. The summed E-state index contributed by atoms with van der Waals surface area (Å²) in [5.41, 5.74) is 1.15. The van der Waals surface area contributed by atoms with Gasteiger partial charge in [-0.25, -0.2) is 4.39 Å². The largest absolute Gasteiger partial charge is 0.496 e. The van der Waals surface area contributed by atoms with Crippen molar-refractivity contribution in [3.63, 3.8) is 0 Å². The van der Waals surface area contributed by atoms with E-state index in [1.807, 2.05) is 0 Å². The normalized spacial score (nSPS) is 21.9. The smallest absolute Gasteiger partial charge is 0.332 e. The molecule has 0 radical (unpaired) electrons. The van der Waals surface area contributed by atoms with E-state index in [1.54, 1.807) is 26.2 Å². The van der Waals surface area contributed by atoms with Gasteiger partial charge in [-0.15, -0.1) is 0 Å². The molecule has 3 aliphatic rings. The van der Waals surface area contributed by atoms with Crippen molar-refractivity contribution in [3.05, 3.63) is 44.9 Å². The Morgan fingerprint density at radius 3 is 2.66 bits per heavy atom. The third kappa shape index (κ3) is 4.32. The Hall–Kier alpha value is -3.01. The molecule has 1 aromatic heterocycles. The standard InChI is InChI=1S/C22H28FN5O4/c1-4-32-22-25-13(2)20(28(29)30)21(26-22)24-11-15-9-19(31-3)16(10-18(15)23)17-12-27-7-5-14(17)6-8-27/h9-10,14,17H,4-8,11-12H2,1-3H3,(H,24,25,26). The maximum Gasteiger partial charge on any atom is 0.332 e. The number of methoxy groups -OCH3 is 1. The van der Waals surface area contributed by atoms with E-state index in [1.165, 1.54) is 6.92 Å².